The standard InChI is InChI=1S/C22H21ClN4O/c1-2-8-16(23)9-5-6-14-27-22(28)18-11-4-3-10-17(18)21(26-27)19-12-7-13-25-20(19)15-24/h3-5,7-13,20,25H,2,6,14H2,1H3/b9-5-,16-8+. The van der Waals surface area contributed by atoms with Gasteiger partial charge in [-0.1, -0.05) is 55.0 Å². The Morgan fingerprint density at radius 1 is 1.39 bits per heavy atom. The number of nitrogens with zero attached hydrogens (tertiary/aromatic N) is 3. The van der Waals surface area contributed by atoms with E-state index in [0.717, 1.165) is 17.4 Å². The zero-order valence-corrected chi connectivity index (χ0v) is 16.4. The minimum absolute atomic E-state index is 0.142. The molecule has 0 saturated carbocycles. The molecule has 28 heavy (non-hydrogen) atoms. The van der Waals surface area contributed by atoms with Crippen molar-refractivity contribution in [3.63, 3.8) is 0 Å². The van der Waals surface area contributed by atoms with Crippen LogP contribution in [0.4, 0.5) is 0 Å². The van der Waals surface area contributed by atoms with E-state index < -0.39 is 6.04 Å². The van der Waals surface area contributed by atoms with E-state index >= 15 is 0 Å². The molecule has 0 fully saturated rings. The molecule has 0 radical (unpaired) electrons. The summed E-state index contributed by atoms with van der Waals surface area (Å²) in [5.41, 5.74) is 1.25. The molecule has 0 bridgehead atoms. The average Bonchev–Trinajstić information content (AvgIpc) is 2.73. The number of fused-ring (bicyclic) bond motifs is 1. The van der Waals surface area contributed by atoms with E-state index in [0.29, 0.717) is 29.1 Å². The number of hydrogen-bond donors (Lipinski definition) is 1. The number of allylic oxidation sites excluding steroid dienone is 6. The van der Waals surface area contributed by atoms with Crippen molar-refractivity contribution in [2.75, 3.05) is 0 Å². The summed E-state index contributed by atoms with van der Waals surface area (Å²) in [5.74, 6) is 0. The van der Waals surface area contributed by atoms with Gasteiger partial charge in [0.1, 0.15) is 6.04 Å². The molecule has 1 unspecified atom stereocenters. The largest absolute Gasteiger partial charge is 0.372 e. The van der Waals surface area contributed by atoms with Crippen molar-refractivity contribution in [1.82, 2.24) is 15.1 Å². The van der Waals surface area contributed by atoms with Gasteiger partial charge in [-0.05, 0) is 37.3 Å². The zero-order valence-electron chi connectivity index (χ0n) is 15.6. The molecule has 1 aromatic carbocycles. The molecule has 0 spiro atoms. The molecular weight excluding hydrogens is 372 g/mol. The van der Waals surface area contributed by atoms with Crippen LogP contribution in [0.3, 0.4) is 0 Å². The maximum absolute atomic E-state index is 12.9. The number of dihydropyridines is 1. The number of aryl methyl sites for hydroxylation is 1. The van der Waals surface area contributed by atoms with Gasteiger partial charge >= 0.3 is 0 Å². The van der Waals surface area contributed by atoms with Crippen molar-refractivity contribution >= 4 is 27.9 Å². The van der Waals surface area contributed by atoms with E-state index in [1.807, 2.05) is 55.5 Å². The third-order valence-corrected chi connectivity index (χ3v) is 4.68. The highest BCUT2D eigenvalue weighted by molar-refractivity contribution is 6.31. The van der Waals surface area contributed by atoms with E-state index in [2.05, 4.69) is 16.5 Å². The van der Waals surface area contributed by atoms with E-state index in [9.17, 15) is 10.1 Å². The molecule has 1 N–H and O–H groups in total. The Bertz CT molecular complexity index is 1090. The van der Waals surface area contributed by atoms with Crippen molar-refractivity contribution < 1.29 is 0 Å². The number of benzene rings is 1. The fourth-order valence-corrected chi connectivity index (χ4v) is 3.31. The number of halogens is 1. The first kappa shape index (κ1) is 19.7. The lowest BCUT2D eigenvalue weighted by Crippen LogP contribution is -2.29. The fourth-order valence-electron chi connectivity index (χ4n) is 3.07. The average molecular weight is 393 g/mol. The normalized spacial score (nSPS) is 16.8. The molecule has 3 rings (SSSR count). The van der Waals surface area contributed by atoms with Crippen molar-refractivity contribution in [2.24, 2.45) is 0 Å². The Labute approximate surface area is 168 Å². The Morgan fingerprint density at radius 3 is 2.93 bits per heavy atom. The molecule has 5 nitrogen and oxygen atoms in total. The highest BCUT2D eigenvalue weighted by atomic mass is 35.5. The molecule has 1 aromatic heterocycles. The molecule has 1 aliphatic rings. The van der Waals surface area contributed by atoms with Crippen molar-refractivity contribution in [3.8, 4) is 6.07 Å². The molecule has 2 heterocycles. The monoisotopic (exact) mass is 392 g/mol. The topological polar surface area (TPSA) is 70.7 Å². The Hall–Kier alpha value is -3.10. The van der Waals surface area contributed by atoms with Gasteiger partial charge < -0.3 is 5.32 Å². The molecule has 1 atom stereocenters. The molecule has 0 amide bonds. The number of rotatable bonds is 6. The van der Waals surface area contributed by atoms with E-state index in [1.54, 1.807) is 12.3 Å². The molecule has 2 aromatic rings. The van der Waals surface area contributed by atoms with Gasteiger partial charge in [-0.2, -0.15) is 10.4 Å². The van der Waals surface area contributed by atoms with Crippen molar-refractivity contribution in [2.45, 2.75) is 32.4 Å². The second-order valence-corrected chi connectivity index (χ2v) is 6.76. The summed E-state index contributed by atoms with van der Waals surface area (Å²) >= 11 is 6.07. The minimum Gasteiger partial charge on any atom is -0.372 e. The quantitative estimate of drug-likeness (QED) is 0.745. The lowest BCUT2D eigenvalue weighted by Gasteiger charge is -2.19. The van der Waals surface area contributed by atoms with Gasteiger partial charge in [-0.15, -0.1) is 0 Å². The Morgan fingerprint density at radius 2 is 2.18 bits per heavy atom. The first-order chi connectivity index (χ1) is 13.7. The molecule has 0 saturated heterocycles. The number of aromatic nitrogens is 2. The van der Waals surface area contributed by atoms with Gasteiger partial charge in [0, 0.05) is 22.5 Å². The molecule has 142 valence electrons. The second kappa shape index (κ2) is 9.20. The maximum atomic E-state index is 12.9. The zero-order chi connectivity index (χ0) is 19.9. The first-order valence-corrected chi connectivity index (χ1v) is 9.58. The Kier molecular flexibility index (Phi) is 6.46. The van der Waals surface area contributed by atoms with Crippen LogP contribution in [0.2, 0.25) is 0 Å². The highest BCUT2D eigenvalue weighted by Crippen LogP contribution is 2.25. The van der Waals surface area contributed by atoms with Crippen LogP contribution in [0, 0.1) is 11.3 Å². The van der Waals surface area contributed by atoms with Gasteiger partial charge in [0.25, 0.3) is 5.56 Å². The number of nitrogens with one attached hydrogen (secondary N) is 1. The molecule has 1 aliphatic heterocycles. The van der Waals surface area contributed by atoms with Crippen LogP contribution in [0.15, 0.2) is 70.7 Å². The van der Waals surface area contributed by atoms with Gasteiger partial charge in [0.15, 0.2) is 0 Å². The summed E-state index contributed by atoms with van der Waals surface area (Å²) < 4.78 is 1.47. The predicted octanol–water partition coefficient (Wildman–Crippen LogP) is 4.27. The number of nitriles is 1. The number of hydrogen-bond acceptors (Lipinski definition) is 4. The van der Waals surface area contributed by atoms with Crippen LogP contribution in [0.5, 0.6) is 0 Å². The summed E-state index contributed by atoms with van der Waals surface area (Å²) in [6.07, 6.45) is 12.6. The highest BCUT2D eigenvalue weighted by Gasteiger charge is 2.21. The van der Waals surface area contributed by atoms with Crippen LogP contribution in [-0.2, 0) is 6.54 Å². The molecule has 0 aliphatic carbocycles. The summed E-state index contributed by atoms with van der Waals surface area (Å²) in [6.45, 7) is 2.45. The minimum atomic E-state index is -0.509. The first-order valence-electron chi connectivity index (χ1n) is 9.20. The van der Waals surface area contributed by atoms with Gasteiger partial charge in [-0.3, -0.25) is 4.79 Å². The van der Waals surface area contributed by atoms with Crippen molar-refractivity contribution in [3.05, 3.63) is 81.9 Å². The van der Waals surface area contributed by atoms with Crippen LogP contribution >= 0.6 is 11.6 Å². The van der Waals surface area contributed by atoms with Crippen molar-refractivity contribution in [1.29, 1.82) is 5.26 Å². The smallest absolute Gasteiger partial charge is 0.274 e. The lowest BCUT2D eigenvalue weighted by atomic mass is 9.98. The third-order valence-electron chi connectivity index (χ3n) is 4.40. The third kappa shape index (κ3) is 4.24. The van der Waals surface area contributed by atoms with Crippen LogP contribution in [0.25, 0.3) is 16.3 Å². The summed E-state index contributed by atoms with van der Waals surface area (Å²) in [5, 5.41) is 19.1. The lowest BCUT2D eigenvalue weighted by molar-refractivity contribution is 0.587. The Balaban J connectivity index is 2.01. The second-order valence-electron chi connectivity index (χ2n) is 6.32. The van der Waals surface area contributed by atoms with Crippen LogP contribution in [-0.4, -0.2) is 15.8 Å². The summed E-state index contributed by atoms with van der Waals surface area (Å²) in [7, 11) is 0. The van der Waals surface area contributed by atoms with Gasteiger partial charge in [0.05, 0.1) is 17.1 Å². The summed E-state index contributed by atoms with van der Waals surface area (Å²) in [4.78, 5) is 12.9. The van der Waals surface area contributed by atoms with Crippen LogP contribution < -0.4 is 10.9 Å². The summed E-state index contributed by atoms with van der Waals surface area (Å²) in [6, 6.07) is 9.10. The van der Waals surface area contributed by atoms with E-state index in [-0.39, 0.29) is 5.56 Å². The fraction of sp³-hybridized carbons (Fsp3) is 0.227. The molecular formula is C22H21ClN4O. The van der Waals surface area contributed by atoms with Gasteiger partial charge in [-0.25, -0.2) is 4.68 Å². The SMILES string of the molecule is CC/C=C(Cl)\C=C/CCn1nc(C2=CC=CNC2C#N)c2ccccc2c1=O. The molecule has 6 heteroatoms. The maximum Gasteiger partial charge on any atom is 0.274 e. The van der Waals surface area contributed by atoms with E-state index in [4.69, 9.17) is 11.6 Å². The predicted molar refractivity (Wildman–Crippen MR) is 114 cm³/mol. The van der Waals surface area contributed by atoms with E-state index in [1.165, 1.54) is 4.68 Å². The van der Waals surface area contributed by atoms with Gasteiger partial charge in [0.2, 0.25) is 0 Å². The van der Waals surface area contributed by atoms with Crippen LogP contribution in [0.1, 0.15) is 25.5 Å².